The number of alkyl halides is 3. The molecule has 5 nitrogen and oxygen atoms in total. The van der Waals surface area contributed by atoms with Crippen LogP contribution in [0.15, 0.2) is 0 Å². The maximum absolute atomic E-state index is 12.6. The average molecular weight is 296 g/mol. The first-order chi connectivity index (χ1) is 9.38. The van der Waals surface area contributed by atoms with Crippen LogP contribution in [-0.2, 0) is 9.53 Å². The highest BCUT2D eigenvalue weighted by molar-refractivity contribution is 5.71. The summed E-state index contributed by atoms with van der Waals surface area (Å²) < 4.78 is 43.2. The Kier molecular flexibility index (Phi) is 4.87. The molecule has 116 valence electrons. The minimum atomic E-state index is -4.69. The number of aliphatic carboxylic acids is 1. The fourth-order valence-corrected chi connectivity index (χ4v) is 2.80. The standard InChI is InChI=1S/C12H19F3N2O3/c13-12(14,15)10(11(18)19)8-16-2-1-9(7-16)17-3-5-20-6-4-17/h9-10H,1-8H2,(H,18,19). The van der Waals surface area contributed by atoms with E-state index in [1.165, 1.54) is 0 Å². The van der Waals surface area contributed by atoms with E-state index in [2.05, 4.69) is 4.90 Å². The van der Waals surface area contributed by atoms with Gasteiger partial charge in [0.1, 0.15) is 0 Å². The minimum Gasteiger partial charge on any atom is -0.481 e. The van der Waals surface area contributed by atoms with Crippen molar-refractivity contribution in [2.75, 3.05) is 45.9 Å². The zero-order valence-electron chi connectivity index (χ0n) is 11.1. The van der Waals surface area contributed by atoms with Gasteiger partial charge in [0.05, 0.1) is 13.2 Å². The summed E-state index contributed by atoms with van der Waals surface area (Å²) in [5.74, 6) is -4.10. The van der Waals surface area contributed by atoms with Gasteiger partial charge in [0.15, 0.2) is 5.92 Å². The molecule has 2 unspecified atom stereocenters. The van der Waals surface area contributed by atoms with Crippen LogP contribution in [0.2, 0.25) is 0 Å². The number of ether oxygens (including phenoxy) is 1. The molecule has 0 radical (unpaired) electrons. The van der Waals surface area contributed by atoms with Crippen LogP contribution in [0.3, 0.4) is 0 Å². The van der Waals surface area contributed by atoms with Crippen LogP contribution in [-0.4, -0.2) is 79.0 Å². The predicted octanol–water partition coefficient (Wildman–Crippen LogP) is 0.656. The summed E-state index contributed by atoms with van der Waals surface area (Å²) in [4.78, 5) is 14.6. The van der Waals surface area contributed by atoms with Crippen molar-refractivity contribution in [1.29, 1.82) is 0 Å². The summed E-state index contributed by atoms with van der Waals surface area (Å²) in [5.41, 5.74) is 0. The third-order valence-electron chi connectivity index (χ3n) is 3.94. The summed E-state index contributed by atoms with van der Waals surface area (Å²) in [5, 5.41) is 8.71. The third-order valence-corrected chi connectivity index (χ3v) is 3.94. The second-order valence-electron chi connectivity index (χ2n) is 5.28. The number of likely N-dealkylation sites (tertiary alicyclic amines) is 1. The van der Waals surface area contributed by atoms with E-state index in [-0.39, 0.29) is 6.04 Å². The van der Waals surface area contributed by atoms with Gasteiger partial charge in [0.2, 0.25) is 0 Å². The van der Waals surface area contributed by atoms with Crippen molar-refractivity contribution in [1.82, 2.24) is 9.80 Å². The third kappa shape index (κ3) is 3.83. The zero-order chi connectivity index (χ0) is 14.8. The van der Waals surface area contributed by atoms with E-state index in [4.69, 9.17) is 9.84 Å². The number of halogens is 3. The Morgan fingerprint density at radius 2 is 1.95 bits per heavy atom. The molecule has 0 bridgehead atoms. The highest BCUT2D eigenvalue weighted by Crippen LogP contribution is 2.29. The SMILES string of the molecule is O=C(O)C(CN1CCC(N2CCOCC2)C1)C(F)(F)F. The number of morpholine rings is 1. The first kappa shape index (κ1) is 15.5. The van der Waals surface area contributed by atoms with Crippen molar-refractivity contribution < 1.29 is 27.8 Å². The van der Waals surface area contributed by atoms with Gasteiger partial charge in [-0.3, -0.25) is 9.69 Å². The van der Waals surface area contributed by atoms with E-state index in [9.17, 15) is 18.0 Å². The number of carboxylic acids is 1. The van der Waals surface area contributed by atoms with E-state index in [1.54, 1.807) is 4.90 Å². The summed E-state index contributed by atoms with van der Waals surface area (Å²) >= 11 is 0. The van der Waals surface area contributed by atoms with E-state index in [0.29, 0.717) is 26.3 Å². The molecule has 0 aromatic rings. The van der Waals surface area contributed by atoms with E-state index in [0.717, 1.165) is 19.5 Å². The number of hydrogen-bond acceptors (Lipinski definition) is 4. The van der Waals surface area contributed by atoms with Crippen molar-refractivity contribution in [3.63, 3.8) is 0 Å². The van der Waals surface area contributed by atoms with Gasteiger partial charge < -0.3 is 14.7 Å². The van der Waals surface area contributed by atoms with Gasteiger partial charge in [-0.15, -0.1) is 0 Å². The minimum absolute atomic E-state index is 0.210. The van der Waals surface area contributed by atoms with Crippen LogP contribution in [0.5, 0.6) is 0 Å². The Bertz CT molecular complexity index is 345. The Balaban J connectivity index is 1.87. The van der Waals surface area contributed by atoms with Crippen LogP contribution in [0.1, 0.15) is 6.42 Å². The van der Waals surface area contributed by atoms with Crippen molar-refractivity contribution in [3.8, 4) is 0 Å². The molecule has 2 aliphatic rings. The lowest BCUT2D eigenvalue weighted by Crippen LogP contribution is -2.46. The quantitative estimate of drug-likeness (QED) is 0.826. The fraction of sp³-hybridized carbons (Fsp3) is 0.917. The van der Waals surface area contributed by atoms with Gasteiger partial charge in [-0.25, -0.2) is 0 Å². The van der Waals surface area contributed by atoms with Crippen molar-refractivity contribution in [2.45, 2.75) is 18.6 Å². The van der Waals surface area contributed by atoms with Gasteiger partial charge >= 0.3 is 12.1 Å². The number of hydrogen-bond donors (Lipinski definition) is 1. The molecule has 0 aromatic carbocycles. The van der Waals surface area contributed by atoms with Gasteiger partial charge in [-0.2, -0.15) is 13.2 Å². The molecule has 8 heteroatoms. The summed E-state index contributed by atoms with van der Waals surface area (Å²) in [6.07, 6.45) is -3.91. The molecule has 2 heterocycles. The zero-order valence-corrected chi connectivity index (χ0v) is 11.1. The first-order valence-corrected chi connectivity index (χ1v) is 6.71. The smallest absolute Gasteiger partial charge is 0.403 e. The van der Waals surface area contributed by atoms with Crippen LogP contribution in [0.4, 0.5) is 13.2 Å². The Morgan fingerprint density at radius 3 is 2.50 bits per heavy atom. The van der Waals surface area contributed by atoms with Crippen LogP contribution in [0.25, 0.3) is 0 Å². The molecule has 2 saturated heterocycles. The molecule has 0 amide bonds. The number of carboxylic acid groups (broad SMARTS) is 1. The monoisotopic (exact) mass is 296 g/mol. The summed E-state index contributed by atoms with van der Waals surface area (Å²) in [7, 11) is 0. The van der Waals surface area contributed by atoms with Crippen molar-refractivity contribution in [2.24, 2.45) is 5.92 Å². The highest BCUT2D eigenvalue weighted by Gasteiger charge is 2.46. The molecular formula is C12H19F3N2O3. The number of nitrogens with zero attached hydrogens (tertiary/aromatic N) is 2. The normalized spacial score (nSPS) is 27.6. The molecule has 0 saturated carbocycles. The van der Waals surface area contributed by atoms with E-state index >= 15 is 0 Å². The van der Waals surface area contributed by atoms with Gasteiger partial charge in [0.25, 0.3) is 0 Å². The van der Waals surface area contributed by atoms with Gasteiger partial charge in [-0.1, -0.05) is 0 Å². The Hall–Kier alpha value is -0.860. The topological polar surface area (TPSA) is 53.0 Å². The summed E-state index contributed by atoms with van der Waals surface area (Å²) in [6.45, 7) is 3.44. The molecule has 0 aromatic heterocycles. The second-order valence-corrected chi connectivity index (χ2v) is 5.28. The van der Waals surface area contributed by atoms with E-state index in [1.807, 2.05) is 0 Å². The maximum Gasteiger partial charge on any atom is 0.403 e. The number of carbonyl (C=O) groups is 1. The van der Waals surface area contributed by atoms with Gasteiger partial charge in [-0.05, 0) is 13.0 Å². The molecule has 1 N–H and O–H groups in total. The molecular weight excluding hydrogens is 277 g/mol. The number of rotatable bonds is 4. The predicted molar refractivity (Wildman–Crippen MR) is 64.4 cm³/mol. The first-order valence-electron chi connectivity index (χ1n) is 6.71. The fourth-order valence-electron chi connectivity index (χ4n) is 2.80. The van der Waals surface area contributed by atoms with Crippen LogP contribution >= 0.6 is 0 Å². The molecule has 0 spiro atoms. The van der Waals surface area contributed by atoms with Crippen LogP contribution in [0, 0.1) is 5.92 Å². The Labute approximate surface area is 115 Å². The molecule has 2 atom stereocenters. The maximum atomic E-state index is 12.6. The van der Waals surface area contributed by atoms with Crippen molar-refractivity contribution in [3.05, 3.63) is 0 Å². The lowest BCUT2D eigenvalue weighted by molar-refractivity contribution is -0.196. The molecule has 2 aliphatic heterocycles. The molecule has 2 rings (SSSR count). The van der Waals surface area contributed by atoms with Gasteiger partial charge in [0, 0.05) is 32.2 Å². The highest BCUT2D eigenvalue weighted by atomic mass is 19.4. The lowest BCUT2D eigenvalue weighted by atomic mass is 10.1. The van der Waals surface area contributed by atoms with E-state index < -0.39 is 24.6 Å². The molecule has 20 heavy (non-hydrogen) atoms. The average Bonchev–Trinajstić information content (AvgIpc) is 2.84. The largest absolute Gasteiger partial charge is 0.481 e. The molecule has 2 fully saturated rings. The van der Waals surface area contributed by atoms with Crippen molar-refractivity contribution >= 4 is 5.97 Å². The van der Waals surface area contributed by atoms with Crippen LogP contribution < -0.4 is 0 Å². The molecule has 0 aliphatic carbocycles. The summed E-state index contributed by atoms with van der Waals surface area (Å²) in [6, 6.07) is 0.210. The second kappa shape index (κ2) is 6.28. The Morgan fingerprint density at radius 1 is 1.30 bits per heavy atom. The lowest BCUT2D eigenvalue weighted by Gasteiger charge is -2.32.